The van der Waals surface area contributed by atoms with Crippen molar-refractivity contribution in [1.82, 2.24) is 0 Å². The SMILES string of the molecule is COc1cccc2c1N(C)C(C)(C)CN2C. The third-order valence-electron chi connectivity index (χ3n) is 3.48. The topological polar surface area (TPSA) is 15.7 Å². The van der Waals surface area contributed by atoms with Gasteiger partial charge in [-0.25, -0.2) is 0 Å². The van der Waals surface area contributed by atoms with E-state index >= 15 is 0 Å². The lowest BCUT2D eigenvalue weighted by Crippen LogP contribution is -2.53. The molecule has 0 unspecified atom stereocenters. The standard InChI is InChI=1S/C13H20N2O/c1-13(2)9-14(3)10-7-6-8-11(16-5)12(10)15(13)4/h6-8H,9H2,1-5H3. The Morgan fingerprint density at radius 3 is 2.56 bits per heavy atom. The Morgan fingerprint density at radius 2 is 1.94 bits per heavy atom. The molecule has 1 aromatic carbocycles. The van der Waals surface area contributed by atoms with Crippen molar-refractivity contribution in [2.45, 2.75) is 19.4 Å². The molecule has 0 amide bonds. The van der Waals surface area contributed by atoms with Gasteiger partial charge in [-0.15, -0.1) is 0 Å². The van der Waals surface area contributed by atoms with Crippen molar-refractivity contribution in [3.8, 4) is 5.75 Å². The molecule has 1 aliphatic heterocycles. The van der Waals surface area contributed by atoms with Gasteiger partial charge in [0, 0.05) is 20.6 Å². The zero-order chi connectivity index (χ0) is 11.9. The van der Waals surface area contributed by atoms with Crippen molar-refractivity contribution in [1.29, 1.82) is 0 Å². The first kappa shape index (κ1) is 11.1. The summed E-state index contributed by atoms with van der Waals surface area (Å²) >= 11 is 0. The molecule has 0 N–H and O–H groups in total. The summed E-state index contributed by atoms with van der Waals surface area (Å²) in [6.07, 6.45) is 0. The van der Waals surface area contributed by atoms with Crippen LogP contribution in [0.5, 0.6) is 5.75 Å². The molecule has 88 valence electrons. The van der Waals surface area contributed by atoms with Gasteiger partial charge in [-0.2, -0.15) is 0 Å². The molecule has 0 fully saturated rings. The zero-order valence-electron chi connectivity index (χ0n) is 10.7. The number of benzene rings is 1. The second-order valence-electron chi connectivity index (χ2n) is 5.06. The van der Waals surface area contributed by atoms with Crippen molar-refractivity contribution >= 4 is 11.4 Å². The maximum atomic E-state index is 5.46. The van der Waals surface area contributed by atoms with Crippen LogP contribution in [0.4, 0.5) is 11.4 Å². The van der Waals surface area contributed by atoms with Crippen molar-refractivity contribution in [3.05, 3.63) is 18.2 Å². The average Bonchev–Trinajstić information content (AvgIpc) is 2.24. The van der Waals surface area contributed by atoms with Crippen LogP contribution in [0.3, 0.4) is 0 Å². The number of methoxy groups -OCH3 is 1. The smallest absolute Gasteiger partial charge is 0.144 e. The molecule has 3 heteroatoms. The van der Waals surface area contributed by atoms with Gasteiger partial charge in [0.1, 0.15) is 11.4 Å². The van der Waals surface area contributed by atoms with Crippen LogP contribution in [0.15, 0.2) is 18.2 Å². The molecule has 0 aliphatic carbocycles. The summed E-state index contributed by atoms with van der Waals surface area (Å²) < 4.78 is 5.46. The molecular formula is C13H20N2O. The molecule has 1 aromatic rings. The summed E-state index contributed by atoms with van der Waals surface area (Å²) in [4.78, 5) is 4.60. The van der Waals surface area contributed by atoms with Crippen LogP contribution in [0, 0.1) is 0 Å². The van der Waals surface area contributed by atoms with E-state index in [9.17, 15) is 0 Å². The number of hydrogen-bond donors (Lipinski definition) is 0. The summed E-state index contributed by atoms with van der Waals surface area (Å²) in [7, 11) is 5.99. The first-order valence-corrected chi connectivity index (χ1v) is 5.59. The van der Waals surface area contributed by atoms with Crippen LogP contribution < -0.4 is 14.5 Å². The molecule has 16 heavy (non-hydrogen) atoms. The van der Waals surface area contributed by atoms with E-state index in [2.05, 4.69) is 43.8 Å². The Bertz CT molecular complexity index is 401. The molecule has 0 atom stereocenters. The fourth-order valence-electron chi connectivity index (χ4n) is 2.39. The van der Waals surface area contributed by atoms with Crippen LogP contribution in [0.2, 0.25) is 0 Å². The summed E-state index contributed by atoms with van der Waals surface area (Å²) in [5, 5.41) is 0. The molecule has 2 rings (SSSR count). The number of para-hydroxylation sites is 1. The van der Waals surface area contributed by atoms with Gasteiger partial charge >= 0.3 is 0 Å². The number of likely N-dealkylation sites (N-methyl/N-ethyl adjacent to an activating group) is 2. The molecule has 3 nitrogen and oxygen atoms in total. The van der Waals surface area contributed by atoms with Crippen LogP contribution in [0.25, 0.3) is 0 Å². The van der Waals surface area contributed by atoms with Gasteiger partial charge in [-0.1, -0.05) is 6.07 Å². The van der Waals surface area contributed by atoms with Gasteiger partial charge < -0.3 is 14.5 Å². The lowest BCUT2D eigenvalue weighted by molar-refractivity contribution is 0.403. The summed E-state index contributed by atoms with van der Waals surface area (Å²) in [6.45, 7) is 5.52. The molecule has 0 saturated heterocycles. The van der Waals surface area contributed by atoms with E-state index in [1.165, 1.54) is 11.4 Å². The first-order valence-electron chi connectivity index (χ1n) is 5.59. The Kier molecular flexibility index (Phi) is 2.49. The maximum absolute atomic E-state index is 5.46. The Morgan fingerprint density at radius 1 is 1.25 bits per heavy atom. The third kappa shape index (κ3) is 1.51. The lowest BCUT2D eigenvalue weighted by atomic mass is 9.97. The average molecular weight is 220 g/mol. The Hall–Kier alpha value is -1.38. The molecule has 0 bridgehead atoms. The minimum absolute atomic E-state index is 0.121. The summed E-state index contributed by atoms with van der Waals surface area (Å²) in [5.74, 6) is 0.944. The van der Waals surface area contributed by atoms with E-state index in [4.69, 9.17) is 4.74 Å². The van der Waals surface area contributed by atoms with Gasteiger partial charge in [0.2, 0.25) is 0 Å². The van der Waals surface area contributed by atoms with Gasteiger partial charge in [-0.05, 0) is 26.0 Å². The maximum Gasteiger partial charge on any atom is 0.144 e. The minimum Gasteiger partial charge on any atom is -0.495 e. The molecule has 0 saturated carbocycles. The Balaban J connectivity index is 2.60. The fraction of sp³-hybridized carbons (Fsp3) is 0.538. The van der Waals surface area contributed by atoms with E-state index in [1.807, 2.05) is 12.1 Å². The van der Waals surface area contributed by atoms with Crippen LogP contribution >= 0.6 is 0 Å². The molecule has 0 radical (unpaired) electrons. The largest absolute Gasteiger partial charge is 0.495 e. The monoisotopic (exact) mass is 220 g/mol. The first-order chi connectivity index (χ1) is 7.47. The summed E-state index contributed by atoms with van der Waals surface area (Å²) in [6, 6.07) is 6.20. The highest BCUT2D eigenvalue weighted by Gasteiger charge is 2.34. The number of anilines is 2. The van der Waals surface area contributed by atoms with E-state index in [0.717, 1.165) is 12.3 Å². The fourth-order valence-corrected chi connectivity index (χ4v) is 2.39. The van der Waals surface area contributed by atoms with Gasteiger partial charge in [-0.3, -0.25) is 0 Å². The molecule has 0 spiro atoms. The number of ether oxygens (including phenoxy) is 1. The van der Waals surface area contributed by atoms with E-state index < -0.39 is 0 Å². The molecule has 1 aliphatic rings. The summed E-state index contributed by atoms with van der Waals surface area (Å²) in [5.41, 5.74) is 2.54. The molecule has 1 heterocycles. The van der Waals surface area contributed by atoms with Crippen LogP contribution in [-0.2, 0) is 0 Å². The molecular weight excluding hydrogens is 200 g/mol. The predicted octanol–water partition coefficient (Wildman–Crippen LogP) is 2.36. The number of hydrogen-bond acceptors (Lipinski definition) is 3. The minimum atomic E-state index is 0.121. The van der Waals surface area contributed by atoms with Crippen molar-refractivity contribution < 1.29 is 4.74 Å². The normalized spacial score (nSPS) is 18.3. The number of fused-ring (bicyclic) bond motifs is 1. The second-order valence-corrected chi connectivity index (χ2v) is 5.06. The van der Waals surface area contributed by atoms with Crippen LogP contribution in [0.1, 0.15) is 13.8 Å². The highest BCUT2D eigenvalue weighted by molar-refractivity contribution is 5.80. The van der Waals surface area contributed by atoms with Gasteiger partial charge in [0.15, 0.2) is 0 Å². The number of rotatable bonds is 1. The van der Waals surface area contributed by atoms with E-state index in [1.54, 1.807) is 7.11 Å². The van der Waals surface area contributed by atoms with Crippen molar-refractivity contribution in [3.63, 3.8) is 0 Å². The van der Waals surface area contributed by atoms with E-state index in [0.29, 0.717) is 0 Å². The predicted molar refractivity (Wildman–Crippen MR) is 68.7 cm³/mol. The zero-order valence-corrected chi connectivity index (χ0v) is 10.7. The van der Waals surface area contributed by atoms with Crippen molar-refractivity contribution in [2.24, 2.45) is 0 Å². The second kappa shape index (κ2) is 3.58. The number of nitrogens with zero attached hydrogens (tertiary/aromatic N) is 2. The quantitative estimate of drug-likeness (QED) is 0.722. The van der Waals surface area contributed by atoms with Gasteiger partial charge in [0.05, 0.1) is 18.3 Å². The Labute approximate surface area is 97.6 Å². The lowest BCUT2D eigenvalue weighted by Gasteiger charge is -2.47. The van der Waals surface area contributed by atoms with E-state index in [-0.39, 0.29) is 5.54 Å². The van der Waals surface area contributed by atoms with Crippen LogP contribution in [-0.4, -0.2) is 33.3 Å². The van der Waals surface area contributed by atoms with Gasteiger partial charge in [0.25, 0.3) is 0 Å². The third-order valence-corrected chi connectivity index (χ3v) is 3.48. The molecule has 0 aromatic heterocycles. The highest BCUT2D eigenvalue weighted by Crippen LogP contribution is 2.43. The van der Waals surface area contributed by atoms with Crippen molar-refractivity contribution in [2.75, 3.05) is 37.5 Å². The highest BCUT2D eigenvalue weighted by atomic mass is 16.5.